The van der Waals surface area contributed by atoms with E-state index < -0.39 is 0 Å². The van der Waals surface area contributed by atoms with E-state index >= 15 is 0 Å². The van der Waals surface area contributed by atoms with Crippen LogP contribution in [-0.4, -0.2) is 9.26 Å². The highest BCUT2D eigenvalue weighted by molar-refractivity contribution is 14.1. The zero-order valence-electron chi connectivity index (χ0n) is 4.54. The highest BCUT2D eigenvalue weighted by atomic mass is 127. The second-order valence-corrected chi connectivity index (χ2v) is 3.93. The maximum Gasteiger partial charge on any atom is 0.107 e. The molecule has 0 rings (SSSR count). The van der Waals surface area contributed by atoms with Crippen LogP contribution < -0.4 is 0 Å². The van der Waals surface area contributed by atoms with Crippen molar-refractivity contribution < 1.29 is 0 Å². The summed E-state index contributed by atoms with van der Waals surface area (Å²) >= 11 is 13.3. The van der Waals surface area contributed by atoms with Crippen LogP contribution in [0.3, 0.4) is 0 Å². The Labute approximate surface area is 74.1 Å². The van der Waals surface area contributed by atoms with Crippen LogP contribution in [0.25, 0.3) is 0 Å². The molecule has 0 aliphatic carbocycles. The molecular weight excluding hydrogens is 258 g/mol. The van der Waals surface area contributed by atoms with Gasteiger partial charge in [-0.05, 0) is 23.7 Å². The molecule has 0 saturated carbocycles. The fourth-order valence-corrected chi connectivity index (χ4v) is 1.24. The minimum absolute atomic E-state index is 0.155. The van der Waals surface area contributed by atoms with Crippen LogP contribution in [0, 0.1) is 0 Å². The molecule has 0 bridgehead atoms. The number of rotatable bonds is 4. The third-order valence-electron chi connectivity index (χ3n) is 0.806. The van der Waals surface area contributed by atoms with Gasteiger partial charge in [-0.2, -0.15) is 0 Å². The largest absolute Gasteiger partial charge is 0.107 e. The summed E-state index contributed by atoms with van der Waals surface area (Å²) in [6.07, 6.45) is 3.32. The van der Waals surface area contributed by atoms with Crippen molar-refractivity contribution in [3.63, 3.8) is 0 Å². The molecule has 0 aromatic heterocycles. The lowest BCUT2D eigenvalue weighted by Crippen LogP contribution is -1.86. The van der Waals surface area contributed by atoms with Crippen LogP contribution in [0.4, 0.5) is 0 Å². The van der Waals surface area contributed by atoms with Crippen molar-refractivity contribution >= 4 is 45.8 Å². The molecule has 8 heavy (non-hydrogen) atoms. The Morgan fingerprint density at radius 2 is 1.88 bits per heavy atom. The Morgan fingerprint density at radius 1 is 1.25 bits per heavy atom. The van der Waals surface area contributed by atoms with Gasteiger partial charge in [0.1, 0.15) is 4.84 Å². The van der Waals surface area contributed by atoms with Gasteiger partial charge in [0.05, 0.1) is 0 Å². The van der Waals surface area contributed by atoms with Gasteiger partial charge in [0.25, 0.3) is 0 Å². The zero-order chi connectivity index (χ0) is 6.41. The third-order valence-corrected chi connectivity index (χ3v) is 2.01. The van der Waals surface area contributed by atoms with Gasteiger partial charge in [0.15, 0.2) is 0 Å². The van der Waals surface area contributed by atoms with Gasteiger partial charge >= 0.3 is 0 Å². The average Bonchev–Trinajstić information content (AvgIpc) is 1.66. The summed E-state index contributed by atoms with van der Waals surface area (Å²) in [5.74, 6) is 0. The van der Waals surface area contributed by atoms with Gasteiger partial charge in [0.2, 0.25) is 0 Å². The molecule has 0 aliphatic rings. The van der Waals surface area contributed by atoms with E-state index in [2.05, 4.69) is 22.6 Å². The molecule has 3 heteroatoms. The van der Waals surface area contributed by atoms with E-state index in [0.717, 1.165) is 12.8 Å². The van der Waals surface area contributed by atoms with Crippen LogP contribution in [-0.2, 0) is 0 Å². The van der Waals surface area contributed by atoms with Gasteiger partial charge in [0, 0.05) is 0 Å². The molecule has 0 unspecified atom stereocenters. The molecule has 0 atom stereocenters. The van der Waals surface area contributed by atoms with Crippen molar-refractivity contribution in [2.75, 3.05) is 4.43 Å². The summed E-state index contributed by atoms with van der Waals surface area (Å²) in [6, 6.07) is 0. The molecule has 0 nitrogen and oxygen atoms in total. The molecule has 0 amide bonds. The first-order valence-corrected chi connectivity index (χ1v) is 5.01. The van der Waals surface area contributed by atoms with Crippen LogP contribution in [0.1, 0.15) is 19.3 Å². The van der Waals surface area contributed by atoms with Gasteiger partial charge in [-0.25, -0.2) is 0 Å². The molecule has 0 fully saturated rings. The van der Waals surface area contributed by atoms with E-state index in [4.69, 9.17) is 23.2 Å². The van der Waals surface area contributed by atoms with Crippen molar-refractivity contribution in [2.24, 2.45) is 0 Å². The Hall–Kier alpha value is 1.31. The standard InChI is InChI=1S/C5H9Cl2I/c6-5(7)3-1-2-4-8/h5H,1-4H2. The molecular formula is C5H9Cl2I. The predicted molar refractivity (Wildman–Crippen MR) is 48.2 cm³/mol. The molecule has 0 aromatic carbocycles. The number of unbranched alkanes of at least 4 members (excludes halogenated alkanes) is 1. The number of halogens is 3. The van der Waals surface area contributed by atoms with E-state index in [9.17, 15) is 0 Å². The fraction of sp³-hybridized carbons (Fsp3) is 1.00. The van der Waals surface area contributed by atoms with Crippen LogP contribution in [0.5, 0.6) is 0 Å². The Morgan fingerprint density at radius 3 is 2.25 bits per heavy atom. The Kier molecular flexibility index (Phi) is 7.48. The maximum atomic E-state index is 5.48. The normalized spacial score (nSPS) is 10.5. The van der Waals surface area contributed by atoms with Crippen molar-refractivity contribution in [1.29, 1.82) is 0 Å². The molecule has 0 heterocycles. The summed E-state index contributed by atoms with van der Waals surface area (Å²) in [4.78, 5) is -0.155. The lowest BCUT2D eigenvalue weighted by molar-refractivity contribution is 0.768. The SMILES string of the molecule is ClC(Cl)CCCCI. The topological polar surface area (TPSA) is 0 Å². The first kappa shape index (κ1) is 9.31. The molecule has 0 N–H and O–H groups in total. The van der Waals surface area contributed by atoms with Crippen molar-refractivity contribution in [3.05, 3.63) is 0 Å². The minimum atomic E-state index is -0.155. The number of hydrogen-bond acceptors (Lipinski definition) is 0. The number of hydrogen-bond donors (Lipinski definition) is 0. The summed E-state index contributed by atoms with van der Waals surface area (Å²) in [5, 5.41) is 0. The predicted octanol–water partition coefficient (Wildman–Crippen LogP) is 3.40. The molecule has 0 spiro atoms. The van der Waals surface area contributed by atoms with E-state index in [0.29, 0.717) is 0 Å². The summed E-state index contributed by atoms with van der Waals surface area (Å²) in [7, 11) is 0. The summed E-state index contributed by atoms with van der Waals surface area (Å²) in [6.45, 7) is 0. The first-order valence-electron chi connectivity index (χ1n) is 2.61. The Bertz CT molecular complexity index is 47.7. The molecule has 0 aliphatic heterocycles. The van der Waals surface area contributed by atoms with E-state index in [1.54, 1.807) is 0 Å². The lowest BCUT2D eigenvalue weighted by atomic mass is 10.3. The second-order valence-electron chi connectivity index (χ2n) is 1.58. The molecule has 0 aromatic rings. The van der Waals surface area contributed by atoms with Crippen LogP contribution >= 0.6 is 45.8 Å². The smallest absolute Gasteiger partial charge is 0.105 e. The molecule has 0 saturated heterocycles. The highest BCUT2D eigenvalue weighted by Gasteiger charge is 1.95. The summed E-state index contributed by atoms with van der Waals surface area (Å²) in [5.41, 5.74) is 0. The second kappa shape index (κ2) is 6.43. The van der Waals surface area contributed by atoms with Crippen LogP contribution in [0.15, 0.2) is 0 Å². The quantitative estimate of drug-likeness (QED) is 0.416. The first-order chi connectivity index (χ1) is 3.77. The van der Waals surface area contributed by atoms with E-state index in [1.807, 2.05) is 0 Å². The average molecular weight is 267 g/mol. The van der Waals surface area contributed by atoms with Gasteiger partial charge in [-0.3, -0.25) is 0 Å². The van der Waals surface area contributed by atoms with Crippen molar-refractivity contribution in [2.45, 2.75) is 24.1 Å². The van der Waals surface area contributed by atoms with Crippen LogP contribution in [0.2, 0.25) is 0 Å². The summed E-state index contributed by atoms with van der Waals surface area (Å²) < 4.78 is 1.21. The molecule has 0 radical (unpaired) electrons. The van der Waals surface area contributed by atoms with Crippen molar-refractivity contribution in [3.8, 4) is 0 Å². The Balaban J connectivity index is 2.72. The van der Waals surface area contributed by atoms with E-state index in [-0.39, 0.29) is 4.84 Å². The third kappa shape index (κ3) is 7.31. The van der Waals surface area contributed by atoms with Gasteiger partial charge < -0.3 is 0 Å². The lowest BCUT2D eigenvalue weighted by Gasteiger charge is -1.96. The zero-order valence-corrected chi connectivity index (χ0v) is 8.21. The van der Waals surface area contributed by atoms with Gasteiger partial charge in [-0.15, -0.1) is 23.2 Å². The van der Waals surface area contributed by atoms with Gasteiger partial charge in [-0.1, -0.05) is 22.6 Å². The minimum Gasteiger partial charge on any atom is -0.105 e. The monoisotopic (exact) mass is 266 g/mol. The van der Waals surface area contributed by atoms with E-state index in [1.165, 1.54) is 10.8 Å². The fourth-order valence-electron chi connectivity index (χ4n) is 0.393. The highest BCUT2D eigenvalue weighted by Crippen LogP contribution is 2.11. The van der Waals surface area contributed by atoms with Crippen molar-refractivity contribution in [1.82, 2.24) is 0 Å². The molecule has 50 valence electrons. The maximum absolute atomic E-state index is 5.48. The number of alkyl halides is 3.